The van der Waals surface area contributed by atoms with Crippen molar-refractivity contribution in [2.24, 2.45) is 0 Å². The summed E-state index contributed by atoms with van der Waals surface area (Å²) in [7, 11) is 0. The van der Waals surface area contributed by atoms with Crippen molar-refractivity contribution in [3.8, 4) is 23.0 Å². The number of ether oxygens (including phenoxy) is 4. The highest BCUT2D eigenvalue weighted by Gasteiger charge is 2.18. The van der Waals surface area contributed by atoms with Crippen molar-refractivity contribution in [3.05, 3.63) is 47.5 Å². The van der Waals surface area contributed by atoms with Gasteiger partial charge in [-0.1, -0.05) is 12.1 Å². The average Bonchev–Trinajstić information content (AvgIpc) is 3.12. The molecule has 0 radical (unpaired) electrons. The minimum Gasteiger partial charge on any atom is -0.490 e. The zero-order chi connectivity index (χ0) is 20.9. The number of benzene rings is 2. The molecular weight excluding hydrogens is 384 g/mol. The summed E-state index contributed by atoms with van der Waals surface area (Å²) in [6.45, 7) is 6.45. The summed E-state index contributed by atoms with van der Waals surface area (Å²) in [6, 6.07) is 10.9. The maximum absolute atomic E-state index is 12.6. The van der Waals surface area contributed by atoms with E-state index in [-0.39, 0.29) is 18.1 Å². The Balaban J connectivity index is 1.37. The zero-order valence-electron chi connectivity index (χ0n) is 17.4. The monoisotopic (exact) mass is 412 g/mol. The Hall–Kier alpha value is -3.09. The number of carbonyl (C=O) groups is 1. The second-order valence-corrected chi connectivity index (χ2v) is 7.57. The van der Waals surface area contributed by atoms with Crippen LogP contribution in [0.5, 0.6) is 23.0 Å². The van der Waals surface area contributed by atoms with Gasteiger partial charge in [-0.05, 0) is 49.2 Å². The van der Waals surface area contributed by atoms with Crippen molar-refractivity contribution in [2.75, 3.05) is 26.4 Å². The van der Waals surface area contributed by atoms with Crippen LogP contribution in [0.4, 0.5) is 4.79 Å². The number of carbonyl (C=O) groups excluding carboxylic acids is 1. The van der Waals surface area contributed by atoms with Crippen LogP contribution in [0.2, 0.25) is 0 Å². The second-order valence-electron chi connectivity index (χ2n) is 7.57. The fourth-order valence-corrected chi connectivity index (χ4v) is 3.50. The van der Waals surface area contributed by atoms with Crippen LogP contribution in [0.3, 0.4) is 0 Å². The van der Waals surface area contributed by atoms with E-state index in [4.69, 9.17) is 18.9 Å². The van der Waals surface area contributed by atoms with Crippen LogP contribution in [0, 0.1) is 0 Å². The third-order valence-corrected chi connectivity index (χ3v) is 5.24. The molecule has 2 aliphatic heterocycles. The second kappa shape index (κ2) is 9.15. The highest BCUT2D eigenvalue weighted by atomic mass is 16.5. The van der Waals surface area contributed by atoms with E-state index in [1.165, 1.54) is 0 Å². The average molecular weight is 412 g/mol. The normalized spacial score (nSPS) is 17.1. The van der Waals surface area contributed by atoms with E-state index in [9.17, 15) is 4.79 Å². The Morgan fingerprint density at radius 3 is 1.53 bits per heavy atom. The Kier molecular flexibility index (Phi) is 6.16. The molecule has 30 heavy (non-hydrogen) atoms. The summed E-state index contributed by atoms with van der Waals surface area (Å²) >= 11 is 0. The Morgan fingerprint density at radius 2 is 1.10 bits per heavy atom. The molecule has 2 N–H and O–H groups in total. The summed E-state index contributed by atoms with van der Waals surface area (Å²) < 4.78 is 22.8. The van der Waals surface area contributed by atoms with E-state index in [1.54, 1.807) is 0 Å². The van der Waals surface area contributed by atoms with E-state index in [1.807, 2.05) is 50.2 Å². The van der Waals surface area contributed by atoms with Crippen LogP contribution in [0.1, 0.15) is 49.9 Å². The lowest BCUT2D eigenvalue weighted by Gasteiger charge is -2.20. The molecule has 2 atom stereocenters. The van der Waals surface area contributed by atoms with Gasteiger partial charge >= 0.3 is 6.03 Å². The Bertz CT molecular complexity index is 830. The molecule has 7 heteroatoms. The van der Waals surface area contributed by atoms with E-state index < -0.39 is 0 Å². The molecule has 0 saturated heterocycles. The van der Waals surface area contributed by atoms with Crippen LogP contribution in [0.25, 0.3) is 0 Å². The van der Waals surface area contributed by atoms with E-state index in [0.29, 0.717) is 26.4 Å². The van der Waals surface area contributed by atoms with Gasteiger partial charge in [0, 0.05) is 12.8 Å². The minimum absolute atomic E-state index is 0.182. The molecule has 2 aromatic carbocycles. The first kappa shape index (κ1) is 20.2. The summed E-state index contributed by atoms with van der Waals surface area (Å²) in [5.74, 6) is 2.94. The molecule has 2 unspecified atom stereocenters. The first-order chi connectivity index (χ1) is 14.6. The van der Waals surface area contributed by atoms with Crippen LogP contribution < -0.4 is 29.6 Å². The van der Waals surface area contributed by atoms with Crippen molar-refractivity contribution in [2.45, 2.75) is 38.8 Å². The smallest absolute Gasteiger partial charge is 0.315 e. The molecule has 0 bridgehead atoms. The summed E-state index contributed by atoms with van der Waals surface area (Å²) in [4.78, 5) is 12.6. The molecule has 2 aliphatic rings. The van der Waals surface area contributed by atoms with Crippen molar-refractivity contribution >= 4 is 6.03 Å². The van der Waals surface area contributed by atoms with Gasteiger partial charge in [-0.3, -0.25) is 0 Å². The lowest BCUT2D eigenvalue weighted by Crippen LogP contribution is -2.38. The van der Waals surface area contributed by atoms with Gasteiger partial charge in [0.1, 0.15) is 0 Å². The van der Waals surface area contributed by atoms with Crippen molar-refractivity contribution < 1.29 is 23.7 Å². The van der Waals surface area contributed by atoms with E-state index in [0.717, 1.165) is 47.0 Å². The quantitative estimate of drug-likeness (QED) is 0.790. The molecule has 7 nitrogen and oxygen atoms in total. The highest BCUT2D eigenvalue weighted by molar-refractivity contribution is 5.75. The van der Waals surface area contributed by atoms with Gasteiger partial charge in [0.2, 0.25) is 0 Å². The lowest BCUT2D eigenvalue weighted by molar-refractivity contribution is 0.235. The summed E-state index contributed by atoms with van der Waals surface area (Å²) in [5, 5.41) is 5.98. The molecule has 2 aromatic rings. The van der Waals surface area contributed by atoms with Gasteiger partial charge in [-0.15, -0.1) is 0 Å². The molecule has 2 heterocycles. The Morgan fingerprint density at radius 1 is 0.700 bits per heavy atom. The van der Waals surface area contributed by atoms with Gasteiger partial charge in [0.15, 0.2) is 23.0 Å². The zero-order valence-corrected chi connectivity index (χ0v) is 17.4. The summed E-state index contributed by atoms with van der Waals surface area (Å²) in [5.41, 5.74) is 1.91. The van der Waals surface area contributed by atoms with Gasteiger partial charge in [0.05, 0.1) is 38.5 Å². The number of fused-ring (bicyclic) bond motifs is 2. The highest BCUT2D eigenvalue weighted by Crippen LogP contribution is 2.33. The van der Waals surface area contributed by atoms with Crippen LogP contribution in [0.15, 0.2) is 36.4 Å². The molecule has 0 spiro atoms. The molecular formula is C23H28N2O5. The number of urea groups is 1. The first-order valence-corrected chi connectivity index (χ1v) is 10.5. The largest absolute Gasteiger partial charge is 0.490 e. The number of nitrogens with one attached hydrogen (secondary N) is 2. The molecule has 2 amide bonds. The topological polar surface area (TPSA) is 78.1 Å². The molecule has 0 saturated carbocycles. The number of hydrogen-bond acceptors (Lipinski definition) is 5. The number of hydrogen-bond donors (Lipinski definition) is 2. The lowest BCUT2D eigenvalue weighted by atomic mass is 10.1. The maximum Gasteiger partial charge on any atom is 0.315 e. The van der Waals surface area contributed by atoms with E-state index in [2.05, 4.69) is 10.6 Å². The van der Waals surface area contributed by atoms with Crippen molar-refractivity contribution in [1.82, 2.24) is 10.6 Å². The van der Waals surface area contributed by atoms with Crippen LogP contribution in [-0.2, 0) is 0 Å². The number of rotatable bonds is 4. The number of amides is 2. The maximum atomic E-state index is 12.6. The van der Waals surface area contributed by atoms with Gasteiger partial charge in [-0.25, -0.2) is 4.79 Å². The third-order valence-electron chi connectivity index (χ3n) is 5.24. The standard InChI is InChI=1S/C23H28N2O5/c1-15(17-5-7-19-21(13-17)29-11-3-9-27-19)24-23(26)25-16(2)18-6-8-20-22(14-18)30-12-4-10-28-20/h5-8,13-16H,3-4,9-12H2,1-2H3,(H2,24,25,26). The molecule has 160 valence electrons. The van der Waals surface area contributed by atoms with Crippen LogP contribution >= 0.6 is 0 Å². The predicted molar refractivity (Wildman–Crippen MR) is 113 cm³/mol. The fourth-order valence-electron chi connectivity index (χ4n) is 3.50. The van der Waals surface area contributed by atoms with Crippen LogP contribution in [-0.4, -0.2) is 32.5 Å². The SMILES string of the molecule is CC(NC(=O)NC(C)c1ccc2c(c1)OCCCO2)c1ccc2c(c1)OCCCO2. The first-order valence-electron chi connectivity index (χ1n) is 10.5. The van der Waals surface area contributed by atoms with Gasteiger partial charge in [-0.2, -0.15) is 0 Å². The van der Waals surface area contributed by atoms with E-state index >= 15 is 0 Å². The Labute approximate surface area is 176 Å². The minimum atomic E-state index is -0.241. The summed E-state index contributed by atoms with van der Waals surface area (Å²) in [6.07, 6.45) is 1.72. The van der Waals surface area contributed by atoms with Crippen molar-refractivity contribution in [3.63, 3.8) is 0 Å². The molecule has 0 aliphatic carbocycles. The fraction of sp³-hybridized carbons (Fsp3) is 0.435. The van der Waals surface area contributed by atoms with Gasteiger partial charge < -0.3 is 29.6 Å². The molecule has 0 aromatic heterocycles. The molecule has 4 rings (SSSR count). The predicted octanol–water partition coefficient (Wildman–Crippen LogP) is 4.13. The van der Waals surface area contributed by atoms with Crippen molar-refractivity contribution in [1.29, 1.82) is 0 Å². The van der Waals surface area contributed by atoms with Gasteiger partial charge in [0.25, 0.3) is 0 Å². The molecule has 0 fully saturated rings. The third kappa shape index (κ3) is 4.72.